The average Bonchev–Trinajstić information content (AvgIpc) is 2.35. The van der Waals surface area contributed by atoms with Crippen molar-refractivity contribution in [1.82, 2.24) is 4.90 Å². The number of nitro groups is 1. The molecule has 0 heterocycles. The van der Waals surface area contributed by atoms with Crippen LogP contribution in [0.25, 0.3) is 0 Å². The number of rotatable bonds is 7. The molecular formula is C13H22N4O2. The molecule has 0 spiro atoms. The van der Waals surface area contributed by atoms with Crippen molar-refractivity contribution in [3.05, 3.63) is 28.3 Å². The van der Waals surface area contributed by atoms with Crippen LogP contribution in [0.1, 0.15) is 20.8 Å². The van der Waals surface area contributed by atoms with Crippen molar-refractivity contribution in [2.24, 2.45) is 0 Å². The van der Waals surface area contributed by atoms with Gasteiger partial charge in [-0.1, -0.05) is 13.8 Å². The fourth-order valence-electron chi connectivity index (χ4n) is 2.02. The number of non-ortho nitro benzene ring substituents is 1. The Morgan fingerprint density at radius 1 is 1.37 bits per heavy atom. The van der Waals surface area contributed by atoms with E-state index in [1.54, 1.807) is 6.07 Å². The molecule has 0 saturated heterocycles. The van der Waals surface area contributed by atoms with Gasteiger partial charge in [0.1, 0.15) is 0 Å². The second-order valence-corrected chi connectivity index (χ2v) is 4.60. The minimum absolute atomic E-state index is 0.0116. The molecule has 0 aliphatic rings. The van der Waals surface area contributed by atoms with Crippen LogP contribution in [0.5, 0.6) is 0 Å². The summed E-state index contributed by atoms with van der Waals surface area (Å²) in [7, 11) is 0. The number of likely N-dealkylation sites (N-methyl/N-ethyl adjacent to an activating group) is 1. The minimum Gasteiger partial charge on any atom is -0.398 e. The highest BCUT2D eigenvalue weighted by Gasteiger charge is 2.11. The van der Waals surface area contributed by atoms with Crippen molar-refractivity contribution in [3.8, 4) is 0 Å². The Labute approximate surface area is 113 Å². The van der Waals surface area contributed by atoms with E-state index in [1.165, 1.54) is 12.1 Å². The molecule has 1 unspecified atom stereocenters. The number of nitrogens with two attached hydrogens (primary N) is 1. The number of anilines is 2. The monoisotopic (exact) mass is 266 g/mol. The summed E-state index contributed by atoms with van der Waals surface area (Å²) in [4.78, 5) is 12.6. The fourth-order valence-corrected chi connectivity index (χ4v) is 2.02. The van der Waals surface area contributed by atoms with Gasteiger partial charge in [-0.15, -0.1) is 0 Å². The predicted octanol–water partition coefficient (Wildman–Crippen LogP) is 2.32. The van der Waals surface area contributed by atoms with Crippen LogP contribution in [-0.2, 0) is 0 Å². The lowest BCUT2D eigenvalue weighted by atomic mass is 10.2. The Kier molecular flexibility index (Phi) is 5.57. The molecule has 6 nitrogen and oxygen atoms in total. The predicted molar refractivity (Wildman–Crippen MR) is 78.4 cm³/mol. The third kappa shape index (κ3) is 4.75. The maximum Gasteiger partial charge on any atom is 0.273 e. The van der Waals surface area contributed by atoms with Gasteiger partial charge in [-0.25, -0.2) is 0 Å². The molecule has 0 radical (unpaired) electrons. The van der Waals surface area contributed by atoms with Crippen molar-refractivity contribution in [3.63, 3.8) is 0 Å². The van der Waals surface area contributed by atoms with E-state index in [2.05, 4.69) is 24.1 Å². The van der Waals surface area contributed by atoms with E-state index < -0.39 is 4.92 Å². The lowest BCUT2D eigenvalue weighted by Crippen LogP contribution is -2.34. The minimum atomic E-state index is -0.434. The summed E-state index contributed by atoms with van der Waals surface area (Å²) < 4.78 is 0. The third-order valence-corrected chi connectivity index (χ3v) is 2.99. The van der Waals surface area contributed by atoms with Gasteiger partial charge in [-0.2, -0.15) is 0 Å². The number of nitrogens with one attached hydrogen (secondary N) is 1. The first-order valence-electron chi connectivity index (χ1n) is 6.50. The molecule has 0 bridgehead atoms. The normalized spacial score (nSPS) is 12.4. The number of hydrogen-bond donors (Lipinski definition) is 2. The molecule has 0 fully saturated rings. The van der Waals surface area contributed by atoms with E-state index >= 15 is 0 Å². The Morgan fingerprint density at radius 3 is 2.53 bits per heavy atom. The van der Waals surface area contributed by atoms with Crippen LogP contribution in [0.2, 0.25) is 0 Å². The van der Waals surface area contributed by atoms with Crippen LogP contribution in [0, 0.1) is 10.1 Å². The summed E-state index contributed by atoms with van der Waals surface area (Å²) in [6.07, 6.45) is 0. The van der Waals surface area contributed by atoms with Gasteiger partial charge < -0.3 is 16.0 Å². The molecule has 1 rings (SSSR count). The van der Waals surface area contributed by atoms with Crippen LogP contribution < -0.4 is 11.1 Å². The zero-order valence-corrected chi connectivity index (χ0v) is 11.7. The van der Waals surface area contributed by atoms with Gasteiger partial charge >= 0.3 is 0 Å². The van der Waals surface area contributed by atoms with Crippen LogP contribution in [0.15, 0.2) is 18.2 Å². The van der Waals surface area contributed by atoms with Crippen molar-refractivity contribution in [1.29, 1.82) is 0 Å². The Balaban J connectivity index is 2.73. The van der Waals surface area contributed by atoms with Gasteiger partial charge in [-0.05, 0) is 26.1 Å². The largest absolute Gasteiger partial charge is 0.398 e. The van der Waals surface area contributed by atoms with Crippen LogP contribution in [0.4, 0.5) is 17.1 Å². The molecule has 3 N–H and O–H groups in total. The highest BCUT2D eigenvalue weighted by molar-refractivity contribution is 5.61. The molecule has 106 valence electrons. The summed E-state index contributed by atoms with van der Waals surface area (Å²) in [6.45, 7) is 9.13. The van der Waals surface area contributed by atoms with Crippen molar-refractivity contribution in [2.75, 3.05) is 30.7 Å². The molecular weight excluding hydrogens is 244 g/mol. The van der Waals surface area contributed by atoms with Crippen molar-refractivity contribution < 1.29 is 4.92 Å². The summed E-state index contributed by atoms with van der Waals surface area (Å²) >= 11 is 0. The van der Waals surface area contributed by atoms with Gasteiger partial charge in [0, 0.05) is 36.1 Å². The van der Waals surface area contributed by atoms with E-state index in [0.717, 1.165) is 19.6 Å². The van der Waals surface area contributed by atoms with Gasteiger partial charge in [0.05, 0.1) is 4.92 Å². The van der Waals surface area contributed by atoms with Gasteiger partial charge in [-0.3, -0.25) is 10.1 Å². The molecule has 0 aliphatic heterocycles. The summed E-state index contributed by atoms with van der Waals surface area (Å²) in [6, 6.07) is 4.78. The zero-order chi connectivity index (χ0) is 14.4. The molecule has 0 amide bonds. The summed E-state index contributed by atoms with van der Waals surface area (Å²) in [5.74, 6) is 0. The smallest absolute Gasteiger partial charge is 0.273 e. The highest BCUT2D eigenvalue weighted by atomic mass is 16.6. The maximum atomic E-state index is 10.8. The van der Waals surface area contributed by atoms with Crippen LogP contribution in [-0.4, -0.2) is 35.5 Å². The Bertz CT molecular complexity index is 433. The maximum absolute atomic E-state index is 10.8. The second-order valence-electron chi connectivity index (χ2n) is 4.60. The zero-order valence-electron chi connectivity index (χ0n) is 11.7. The fraction of sp³-hybridized carbons (Fsp3) is 0.538. The number of nitrogens with zero attached hydrogens (tertiary/aromatic N) is 2. The first kappa shape index (κ1) is 15.2. The SMILES string of the molecule is CCN(CC)CC(C)Nc1cc(N)cc([N+](=O)[O-])c1. The second kappa shape index (κ2) is 6.94. The molecule has 0 aliphatic carbocycles. The van der Waals surface area contributed by atoms with Crippen molar-refractivity contribution in [2.45, 2.75) is 26.8 Å². The van der Waals surface area contributed by atoms with E-state index in [4.69, 9.17) is 5.73 Å². The van der Waals surface area contributed by atoms with Gasteiger partial charge in [0.2, 0.25) is 0 Å². The third-order valence-electron chi connectivity index (χ3n) is 2.99. The average molecular weight is 266 g/mol. The van der Waals surface area contributed by atoms with Crippen molar-refractivity contribution >= 4 is 17.1 Å². The number of nitro benzene ring substituents is 1. The first-order valence-corrected chi connectivity index (χ1v) is 6.50. The quantitative estimate of drug-likeness (QED) is 0.449. The van der Waals surface area contributed by atoms with E-state index in [1.807, 2.05) is 6.92 Å². The lowest BCUT2D eigenvalue weighted by molar-refractivity contribution is -0.384. The molecule has 0 saturated carbocycles. The topological polar surface area (TPSA) is 84.4 Å². The number of benzene rings is 1. The van der Waals surface area contributed by atoms with E-state index in [-0.39, 0.29) is 11.7 Å². The molecule has 6 heteroatoms. The molecule has 1 aromatic carbocycles. The number of nitrogen functional groups attached to an aromatic ring is 1. The van der Waals surface area contributed by atoms with Gasteiger partial charge in [0.15, 0.2) is 0 Å². The number of hydrogen-bond acceptors (Lipinski definition) is 5. The Morgan fingerprint density at radius 2 is 2.00 bits per heavy atom. The molecule has 0 aromatic heterocycles. The molecule has 1 atom stereocenters. The lowest BCUT2D eigenvalue weighted by Gasteiger charge is -2.24. The highest BCUT2D eigenvalue weighted by Crippen LogP contribution is 2.22. The van der Waals surface area contributed by atoms with Gasteiger partial charge in [0.25, 0.3) is 5.69 Å². The molecule has 19 heavy (non-hydrogen) atoms. The standard InChI is InChI=1S/C13H22N4O2/c1-4-16(5-2)9-10(3)15-12-6-11(14)7-13(8-12)17(18)19/h6-8,10,15H,4-5,9,14H2,1-3H3. The summed E-state index contributed by atoms with van der Waals surface area (Å²) in [5, 5.41) is 14.0. The van der Waals surface area contributed by atoms with E-state index in [9.17, 15) is 10.1 Å². The van der Waals surface area contributed by atoms with Crippen LogP contribution in [0.3, 0.4) is 0 Å². The first-order chi connectivity index (χ1) is 8.96. The molecule has 1 aromatic rings. The van der Waals surface area contributed by atoms with Crippen LogP contribution >= 0.6 is 0 Å². The van der Waals surface area contributed by atoms with E-state index in [0.29, 0.717) is 11.4 Å². The Hall–Kier alpha value is -1.82. The summed E-state index contributed by atoms with van der Waals surface area (Å²) in [5.41, 5.74) is 6.76.